The molecule has 1 rings (SSSR count). The summed E-state index contributed by atoms with van der Waals surface area (Å²) in [5.74, 6) is 0. The first-order chi connectivity index (χ1) is 5.72. The van der Waals surface area contributed by atoms with Crippen molar-refractivity contribution in [2.45, 2.75) is 26.4 Å². The number of aryl methyl sites for hydroxylation is 1. The lowest BCUT2D eigenvalue weighted by Gasteiger charge is -2.06. The van der Waals surface area contributed by atoms with Gasteiger partial charge in [-0.05, 0) is 13.3 Å². The van der Waals surface area contributed by atoms with Crippen LogP contribution in [-0.4, -0.2) is 28.0 Å². The van der Waals surface area contributed by atoms with Crippen molar-refractivity contribution >= 4 is 16.5 Å². The second-order valence-corrected chi connectivity index (χ2v) is 3.75. The average molecular weight is 187 g/mol. The molecule has 1 aromatic heterocycles. The van der Waals surface area contributed by atoms with Crippen molar-refractivity contribution < 1.29 is 5.11 Å². The van der Waals surface area contributed by atoms with E-state index in [-0.39, 0.29) is 6.10 Å². The summed E-state index contributed by atoms with van der Waals surface area (Å²) >= 11 is 1.50. The Labute approximate surface area is 75.6 Å². The number of aliphatic hydroxyl groups excluding tert-OH is 1. The van der Waals surface area contributed by atoms with E-state index in [4.69, 9.17) is 0 Å². The molecule has 5 heteroatoms. The molecule has 0 aromatic carbocycles. The molecule has 0 saturated heterocycles. The molecule has 0 bridgehead atoms. The maximum absolute atomic E-state index is 9.22. The Kier molecular flexibility index (Phi) is 3.43. The molecule has 2 N–H and O–H groups in total. The minimum Gasteiger partial charge on any atom is -0.391 e. The summed E-state index contributed by atoms with van der Waals surface area (Å²) in [7, 11) is 0. The molecular weight excluding hydrogens is 174 g/mol. The number of rotatable bonds is 4. The first-order valence-corrected chi connectivity index (χ1v) is 4.76. The predicted molar refractivity (Wildman–Crippen MR) is 49.4 cm³/mol. The van der Waals surface area contributed by atoms with Crippen LogP contribution in [0.5, 0.6) is 0 Å². The van der Waals surface area contributed by atoms with Gasteiger partial charge in [0.05, 0.1) is 6.10 Å². The standard InChI is InChI=1S/C7H13N3OS/c1-3-6(11)4-8-7-10-9-5(2)12-7/h6,11H,3-4H2,1-2H3,(H,8,10). The van der Waals surface area contributed by atoms with Crippen LogP contribution >= 0.6 is 11.3 Å². The molecule has 0 saturated carbocycles. The Morgan fingerprint density at radius 2 is 2.33 bits per heavy atom. The van der Waals surface area contributed by atoms with E-state index in [0.717, 1.165) is 16.6 Å². The van der Waals surface area contributed by atoms with Gasteiger partial charge < -0.3 is 10.4 Å². The quantitative estimate of drug-likeness (QED) is 0.739. The van der Waals surface area contributed by atoms with E-state index in [2.05, 4.69) is 15.5 Å². The molecule has 1 heterocycles. The van der Waals surface area contributed by atoms with E-state index in [9.17, 15) is 5.11 Å². The van der Waals surface area contributed by atoms with E-state index < -0.39 is 0 Å². The van der Waals surface area contributed by atoms with Gasteiger partial charge in [0, 0.05) is 6.54 Å². The van der Waals surface area contributed by atoms with Crippen LogP contribution in [0.25, 0.3) is 0 Å². The smallest absolute Gasteiger partial charge is 0.205 e. The van der Waals surface area contributed by atoms with E-state index in [1.807, 2.05) is 13.8 Å². The Balaban J connectivity index is 2.33. The lowest BCUT2D eigenvalue weighted by molar-refractivity contribution is 0.183. The van der Waals surface area contributed by atoms with Crippen molar-refractivity contribution in [2.75, 3.05) is 11.9 Å². The van der Waals surface area contributed by atoms with Gasteiger partial charge in [0.15, 0.2) is 0 Å². The van der Waals surface area contributed by atoms with E-state index >= 15 is 0 Å². The monoisotopic (exact) mass is 187 g/mol. The summed E-state index contributed by atoms with van der Waals surface area (Å²) in [4.78, 5) is 0. The molecule has 0 aliphatic carbocycles. The van der Waals surface area contributed by atoms with Crippen molar-refractivity contribution in [1.82, 2.24) is 10.2 Å². The van der Waals surface area contributed by atoms with Crippen LogP contribution in [0.3, 0.4) is 0 Å². The summed E-state index contributed by atoms with van der Waals surface area (Å²) in [5, 5.41) is 21.7. The SMILES string of the molecule is CCC(O)CNc1nnc(C)s1. The van der Waals surface area contributed by atoms with Gasteiger partial charge in [0.25, 0.3) is 0 Å². The second kappa shape index (κ2) is 4.37. The number of aliphatic hydroxyl groups is 1. The summed E-state index contributed by atoms with van der Waals surface area (Å²) in [5.41, 5.74) is 0. The topological polar surface area (TPSA) is 58.0 Å². The van der Waals surface area contributed by atoms with Crippen LogP contribution in [0.4, 0.5) is 5.13 Å². The number of hydrogen-bond donors (Lipinski definition) is 2. The third kappa shape index (κ3) is 2.75. The van der Waals surface area contributed by atoms with E-state index in [1.165, 1.54) is 11.3 Å². The Bertz CT molecular complexity index is 238. The average Bonchev–Trinajstić information content (AvgIpc) is 2.47. The molecule has 0 fully saturated rings. The zero-order chi connectivity index (χ0) is 8.97. The zero-order valence-corrected chi connectivity index (χ0v) is 8.06. The number of hydrogen-bond acceptors (Lipinski definition) is 5. The second-order valence-electron chi connectivity index (χ2n) is 2.57. The molecule has 0 radical (unpaired) electrons. The summed E-state index contributed by atoms with van der Waals surface area (Å²) in [6.07, 6.45) is 0.458. The number of anilines is 1. The fourth-order valence-corrected chi connectivity index (χ4v) is 1.32. The van der Waals surface area contributed by atoms with Gasteiger partial charge in [-0.25, -0.2) is 0 Å². The molecule has 12 heavy (non-hydrogen) atoms. The summed E-state index contributed by atoms with van der Waals surface area (Å²) in [6, 6.07) is 0. The van der Waals surface area contributed by atoms with Gasteiger partial charge in [-0.3, -0.25) is 0 Å². The van der Waals surface area contributed by atoms with Gasteiger partial charge >= 0.3 is 0 Å². The third-order valence-corrected chi connectivity index (χ3v) is 2.28. The molecule has 1 atom stereocenters. The van der Waals surface area contributed by atoms with Crippen LogP contribution in [0, 0.1) is 6.92 Å². The molecule has 1 aromatic rings. The third-order valence-electron chi connectivity index (χ3n) is 1.49. The van der Waals surface area contributed by atoms with Gasteiger partial charge in [0.1, 0.15) is 5.01 Å². The molecule has 4 nitrogen and oxygen atoms in total. The molecule has 0 amide bonds. The van der Waals surface area contributed by atoms with Crippen LogP contribution in [-0.2, 0) is 0 Å². The lowest BCUT2D eigenvalue weighted by atomic mass is 10.3. The Morgan fingerprint density at radius 3 is 2.83 bits per heavy atom. The number of nitrogens with zero attached hydrogens (tertiary/aromatic N) is 2. The van der Waals surface area contributed by atoms with Crippen LogP contribution in [0.15, 0.2) is 0 Å². The highest BCUT2D eigenvalue weighted by molar-refractivity contribution is 7.15. The molecule has 0 aliphatic heterocycles. The summed E-state index contributed by atoms with van der Waals surface area (Å²) < 4.78 is 0. The Hall–Kier alpha value is -0.680. The van der Waals surface area contributed by atoms with Crippen molar-refractivity contribution in [1.29, 1.82) is 0 Å². The normalized spacial score (nSPS) is 12.9. The summed E-state index contributed by atoms with van der Waals surface area (Å²) in [6.45, 7) is 4.39. The molecule has 0 spiro atoms. The zero-order valence-electron chi connectivity index (χ0n) is 7.24. The largest absolute Gasteiger partial charge is 0.391 e. The van der Waals surface area contributed by atoms with Crippen LogP contribution < -0.4 is 5.32 Å². The minimum absolute atomic E-state index is 0.297. The highest BCUT2D eigenvalue weighted by Gasteiger charge is 2.02. The Morgan fingerprint density at radius 1 is 1.58 bits per heavy atom. The number of aromatic nitrogens is 2. The molecule has 1 unspecified atom stereocenters. The van der Waals surface area contributed by atoms with Crippen molar-refractivity contribution in [3.05, 3.63) is 5.01 Å². The maximum Gasteiger partial charge on any atom is 0.205 e. The minimum atomic E-state index is -0.297. The first-order valence-electron chi connectivity index (χ1n) is 3.94. The van der Waals surface area contributed by atoms with Crippen molar-refractivity contribution in [3.63, 3.8) is 0 Å². The van der Waals surface area contributed by atoms with Gasteiger partial charge in [-0.15, -0.1) is 10.2 Å². The first kappa shape index (κ1) is 9.41. The van der Waals surface area contributed by atoms with Crippen LogP contribution in [0.1, 0.15) is 18.4 Å². The highest BCUT2D eigenvalue weighted by atomic mass is 32.1. The lowest BCUT2D eigenvalue weighted by Crippen LogP contribution is -2.17. The van der Waals surface area contributed by atoms with Crippen molar-refractivity contribution in [3.8, 4) is 0 Å². The highest BCUT2D eigenvalue weighted by Crippen LogP contribution is 2.13. The number of nitrogens with one attached hydrogen (secondary N) is 1. The molecular formula is C7H13N3OS. The fourth-order valence-electron chi connectivity index (χ4n) is 0.717. The van der Waals surface area contributed by atoms with E-state index in [1.54, 1.807) is 0 Å². The van der Waals surface area contributed by atoms with E-state index in [0.29, 0.717) is 6.54 Å². The van der Waals surface area contributed by atoms with Crippen molar-refractivity contribution in [2.24, 2.45) is 0 Å². The van der Waals surface area contributed by atoms with Gasteiger partial charge in [0.2, 0.25) is 5.13 Å². The molecule has 0 aliphatic rings. The van der Waals surface area contributed by atoms with Gasteiger partial charge in [-0.2, -0.15) is 0 Å². The fraction of sp³-hybridized carbons (Fsp3) is 0.714. The van der Waals surface area contributed by atoms with Crippen LogP contribution in [0.2, 0.25) is 0 Å². The predicted octanol–water partition coefficient (Wildman–Crippen LogP) is 1.03. The van der Waals surface area contributed by atoms with Gasteiger partial charge in [-0.1, -0.05) is 18.3 Å². The maximum atomic E-state index is 9.22. The molecule has 68 valence electrons.